The smallest absolute Gasteiger partial charge is 0.255 e. The monoisotopic (exact) mass is 390 g/mol. The molecule has 0 bridgehead atoms. The van der Waals surface area contributed by atoms with Gasteiger partial charge in [-0.2, -0.15) is 5.10 Å². The van der Waals surface area contributed by atoms with Crippen molar-refractivity contribution in [2.75, 3.05) is 26.2 Å². The lowest BCUT2D eigenvalue weighted by Gasteiger charge is -2.17. The van der Waals surface area contributed by atoms with Crippen molar-refractivity contribution in [1.29, 1.82) is 0 Å². The minimum Gasteiger partial charge on any atom is -0.352 e. The van der Waals surface area contributed by atoms with Gasteiger partial charge in [0.2, 0.25) is 0 Å². The molecule has 29 heavy (non-hydrogen) atoms. The maximum absolute atomic E-state index is 13.1. The number of para-hydroxylation sites is 1. The van der Waals surface area contributed by atoms with Crippen LogP contribution in [0, 0.1) is 6.92 Å². The van der Waals surface area contributed by atoms with E-state index in [9.17, 15) is 4.79 Å². The lowest BCUT2D eigenvalue weighted by Crippen LogP contribution is -2.30. The molecule has 0 aliphatic heterocycles. The number of amides is 1. The second-order valence-electron chi connectivity index (χ2n) is 7.06. The average Bonchev–Trinajstić information content (AvgIpc) is 3.12. The molecule has 1 amide bonds. The van der Waals surface area contributed by atoms with Gasteiger partial charge in [-0.05, 0) is 45.1 Å². The number of hydrogen-bond donors (Lipinski definition) is 1. The molecule has 2 aromatic carbocycles. The predicted octanol–water partition coefficient (Wildman–Crippen LogP) is 4.31. The zero-order valence-corrected chi connectivity index (χ0v) is 17.6. The molecule has 0 fully saturated rings. The van der Waals surface area contributed by atoms with E-state index >= 15 is 0 Å². The largest absolute Gasteiger partial charge is 0.352 e. The Labute approximate surface area is 173 Å². The van der Waals surface area contributed by atoms with Gasteiger partial charge in [-0.3, -0.25) is 4.79 Å². The van der Waals surface area contributed by atoms with Crippen molar-refractivity contribution < 1.29 is 4.79 Å². The van der Waals surface area contributed by atoms with Gasteiger partial charge in [0.15, 0.2) is 0 Å². The first-order valence-electron chi connectivity index (χ1n) is 10.4. The normalized spacial score (nSPS) is 11.0. The quantitative estimate of drug-likeness (QED) is 0.554. The van der Waals surface area contributed by atoms with E-state index in [2.05, 4.69) is 24.1 Å². The van der Waals surface area contributed by atoms with Crippen LogP contribution in [0.5, 0.6) is 0 Å². The van der Waals surface area contributed by atoms with Crippen LogP contribution in [0.25, 0.3) is 16.9 Å². The summed E-state index contributed by atoms with van der Waals surface area (Å²) < 4.78 is 1.85. The molecule has 0 unspecified atom stereocenters. The molecule has 5 heteroatoms. The molecule has 5 nitrogen and oxygen atoms in total. The number of aromatic nitrogens is 2. The van der Waals surface area contributed by atoms with E-state index in [-0.39, 0.29) is 5.91 Å². The molecular weight excluding hydrogens is 360 g/mol. The molecule has 0 radical (unpaired) electrons. The Bertz CT molecular complexity index is 915. The van der Waals surface area contributed by atoms with Gasteiger partial charge in [0.25, 0.3) is 5.91 Å². The molecule has 1 aromatic heterocycles. The molecule has 0 saturated carbocycles. The van der Waals surface area contributed by atoms with E-state index in [4.69, 9.17) is 5.10 Å². The van der Waals surface area contributed by atoms with Gasteiger partial charge in [0, 0.05) is 12.1 Å². The Hall–Kier alpha value is -2.92. The molecule has 3 rings (SSSR count). The van der Waals surface area contributed by atoms with Crippen molar-refractivity contribution in [2.24, 2.45) is 0 Å². The highest BCUT2D eigenvalue weighted by atomic mass is 16.1. The second-order valence-corrected chi connectivity index (χ2v) is 7.06. The molecule has 0 spiro atoms. The SMILES string of the molecule is CCN(CC)CCCNC(=O)c1c(-c2ccccc2)nn(-c2ccccc2)c1C. The molecule has 3 aromatic rings. The summed E-state index contributed by atoms with van der Waals surface area (Å²) in [5.74, 6) is -0.0666. The molecule has 152 valence electrons. The van der Waals surface area contributed by atoms with Crippen molar-refractivity contribution in [1.82, 2.24) is 20.0 Å². The number of nitrogens with zero attached hydrogens (tertiary/aromatic N) is 3. The topological polar surface area (TPSA) is 50.2 Å². The molecule has 0 aliphatic carbocycles. The number of carbonyl (C=O) groups excluding carboxylic acids is 1. The summed E-state index contributed by atoms with van der Waals surface area (Å²) in [6, 6.07) is 19.8. The minimum absolute atomic E-state index is 0.0666. The first kappa shape index (κ1) is 20.8. The van der Waals surface area contributed by atoms with Gasteiger partial charge >= 0.3 is 0 Å². The zero-order chi connectivity index (χ0) is 20.6. The van der Waals surface area contributed by atoms with E-state index < -0.39 is 0 Å². The van der Waals surface area contributed by atoms with Gasteiger partial charge in [-0.25, -0.2) is 4.68 Å². The molecular formula is C24H30N4O. The van der Waals surface area contributed by atoms with E-state index in [0.29, 0.717) is 17.8 Å². The summed E-state index contributed by atoms with van der Waals surface area (Å²) in [6.45, 7) is 9.99. The van der Waals surface area contributed by atoms with Gasteiger partial charge in [-0.1, -0.05) is 62.4 Å². The Morgan fingerprint density at radius 3 is 2.24 bits per heavy atom. The molecule has 0 aliphatic rings. The lowest BCUT2D eigenvalue weighted by molar-refractivity contribution is 0.0952. The summed E-state index contributed by atoms with van der Waals surface area (Å²) >= 11 is 0. The van der Waals surface area contributed by atoms with Crippen LogP contribution in [0.3, 0.4) is 0 Å². The third-order valence-corrected chi connectivity index (χ3v) is 5.22. The maximum Gasteiger partial charge on any atom is 0.255 e. The Balaban J connectivity index is 1.86. The van der Waals surface area contributed by atoms with Gasteiger partial charge in [-0.15, -0.1) is 0 Å². The first-order valence-corrected chi connectivity index (χ1v) is 10.4. The van der Waals surface area contributed by atoms with Crippen molar-refractivity contribution in [3.05, 3.63) is 71.9 Å². The number of benzene rings is 2. The summed E-state index contributed by atoms with van der Waals surface area (Å²) in [5.41, 5.74) is 4.09. The number of rotatable bonds is 9. The van der Waals surface area contributed by atoms with E-state index in [0.717, 1.165) is 43.0 Å². The van der Waals surface area contributed by atoms with E-state index in [1.807, 2.05) is 72.3 Å². The van der Waals surface area contributed by atoms with Crippen LogP contribution in [0.15, 0.2) is 60.7 Å². The Morgan fingerprint density at radius 1 is 1.00 bits per heavy atom. The van der Waals surface area contributed by atoms with Crippen molar-refractivity contribution in [3.63, 3.8) is 0 Å². The van der Waals surface area contributed by atoms with Crippen LogP contribution < -0.4 is 5.32 Å². The third-order valence-electron chi connectivity index (χ3n) is 5.22. The van der Waals surface area contributed by atoms with Crippen LogP contribution in [0.4, 0.5) is 0 Å². The number of nitrogens with one attached hydrogen (secondary N) is 1. The highest BCUT2D eigenvalue weighted by Gasteiger charge is 2.22. The van der Waals surface area contributed by atoms with Gasteiger partial charge < -0.3 is 10.2 Å². The fourth-order valence-corrected chi connectivity index (χ4v) is 3.53. The highest BCUT2D eigenvalue weighted by molar-refractivity contribution is 6.01. The summed E-state index contributed by atoms with van der Waals surface area (Å²) in [5, 5.41) is 7.90. The number of hydrogen-bond acceptors (Lipinski definition) is 3. The average molecular weight is 391 g/mol. The number of carbonyl (C=O) groups is 1. The standard InChI is InChI=1S/C24H30N4O/c1-4-27(5-2)18-12-17-25-24(29)22-19(3)28(21-15-10-7-11-16-21)26-23(22)20-13-8-6-9-14-20/h6-11,13-16H,4-5,12,17-18H2,1-3H3,(H,25,29). The Kier molecular flexibility index (Phi) is 7.19. The minimum atomic E-state index is -0.0666. The molecule has 0 saturated heterocycles. The van der Waals surface area contributed by atoms with Gasteiger partial charge in [0.05, 0.1) is 16.9 Å². The van der Waals surface area contributed by atoms with Crippen LogP contribution in [-0.4, -0.2) is 46.8 Å². The summed E-state index contributed by atoms with van der Waals surface area (Å²) in [7, 11) is 0. The molecule has 1 heterocycles. The second kappa shape index (κ2) is 10.0. The molecule has 1 N–H and O–H groups in total. The first-order chi connectivity index (χ1) is 14.2. The lowest BCUT2D eigenvalue weighted by atomic mass is 10.1. The highest BCUT2D eigenvalue weighted by Crippen LogP contribution is 2.27. The van der Waals surface area contributed by atoms with Gasteiger partial charge in [0.1, 0.15) is 5.69 Å². The van der Waals surface area contributed by atoms with E-state index in [1.54, 1.807) is 0 Å². The zero-order valence-electron chi connectivity index (χ0n) is 17.6. The fraction of sp³-hybridized carbons (Fsp3) is 0.333. The Morgan fingerprint density at radius 2 is 1.62 bits per heavy atom. The van der Waals surface area contributed by atoms with Crippen LogP contribution in [-0.2, 0) is 0 Å². The van der Waals surface area contributed by atoms with Crippen LogP contribution in [0.1, 0.15) is 36.3 Å². The fourth-order valence-electron chi connectivity index (χ4n) is 3.53. The van der Waals surface area contributed by atoms with E-state index in [1.165, 1.54) is 0 Å². The van der Waals surface area contributed by atoms with Crippen molar-refractivity contribution in [2.45, 2.75) is 27.2 Å². The maximum atomic E-state index is 13.1. The van der Waals surface area contributed by atoms with Crippen molar-refractivity contribution >= 4 is 5.91 Å². The summed E-state index contributed by atoms with van der Waals surface area (Å²) in [6.07, 6.45) is 0.931. The third kappa shape index (κ3) is 4.93. The van der Waals surface area contributed by atoms with Crippen LogP contribution in [0.2, 0.25) is 0 Å². The molecule has 0 atom stereocenters. The van der Waals surface area contributed by atoms with Crippen LogP contribution >= 0.6 is 0 Å². The van der Waals surface area contributed by atoms with Crippen molar-refractivity contribution in [3.8, 4) is 16.9 Å². The predicted molar refractivity (Wildman–Crippen MR) is 118 cm³/mol. The summed E-state index contributed by atoms with van der Waals surface area (Å²) in [4.78, 5) is 15.5.